The summed E-state index contributed by atoms with van der Waals surface area (Å²) >= 11 is 0. The van der Waals surface area contributed by atoms with Crippen molar-refractivity contribution in [2.24, 2.45) is 0 Å². The second-order valence-corrected chi connectivity index (χ2v) is 6.02. The van der Waals surface area contributed by atoms with Crippen molar-refractivity contribution in [1.29, 1.82) is 0 Å². The van der Waals surface area contributed by atoms with Crippen LogP contribution in [0.4, 0.5) is 5.69 Å². The summed E-state index contributed by atoms with van der Waals surface area (Å²) in [4.78, 5) is 14.6. The number of nitrogens with one attached hydrogen (secondary N) is 1. The Labute approximate surface area is 142 Å². The quantitative estimate of drug-likeness (QED) is 0.884. The summed E-state index contributed by atoms with van der Waals surface area (Å²) in [5, 5.41) is 7.73. The van der Waals surface area contributed by atoms with Crippen LogP contribution in [0.15, 0.2) is 36.7 Å². The minimum absolute atomic E-state index is 0.0804. The van der Waals surface area contributed by atoms with Gasteiger partial charge in [-0.1, -0.05) is 12.1 Å². The minimum Gasteiger partial charge on any atom is -0.495 e. The van der Waals surface area contributed by atoms with Crippen LogP contribution < -0.4 is 15.0 Å². The van der Waals surface area contributed by atoms with E-state index in [4.69, 9.17) is 4.74 Å². The van der Waals surface area contributed by atoms with Crippen LogP contribution in [-0.4, -0.2) is 35.4 Å². The number of carbonyl (C=O) groups excluding carboxylic acids is 1. The highest BCUT2D eigenvalue weighted by Gasteiger charge is 2.34. The molecule has 0 saturated carbocycles. The number of aromatic nitrogens is 2. The van der Waals surface area contributed by atoms with Crippen molar-refractivity contribution in [3.05, 3.63) is 42.2 Å². The number of hydrogen-bond donors (Lipinski definition) is 1. The lowest BCUT2D eigenvalue weighted by molar-refractivity contribution is -0.119. The molecule has 2 unspecified atom stereocenters. The fourth-order valence-electron chi connectivity index (χ4n) is 3.10. The number of hydrogen-bond acceptors (Lipinski definition) is 4. The molecule has 2 aromatic rings. The average molecular weight is 328 g/mol. The van der Waals surface area contributed by atoms with Crippen molar-refractivity contribution in [3.8, 4) is 5.75 Å². The first-order chi connectivity index (χ1) is 11.6. The fraction of sp³-hybridized carbons (Fsp3) is 0.444. The van der Waals surface area contributed by atoms with Gasteiger partial charge < -0.3 is 9.64 Å². The number of carbonyl (C=O) groups is 1. The lowest BCUT2D eigenvalue weighted by Crippen LogP contribution is -2.39. The monoisotopic (exact) mass is 328 g/mol. The van der Waals surface area contributed by atoms with Crippen LogP contribution in [0.1, 0.15) is 31.9 Å². The topological polar surface area (TPSA) is 59.4 Å². The summed E-state index contributed by atoms with van der Waals surface area (Å²) in [5.74, 6) is 0.818. The van der Waals surface area contributed by atoms with Gasteiger partial charge in [-0.3, -0.25) is 14.8 Å². The minimum atomic E-state index is -0.185. The van der Waals surface area contributed by atoms with Crippen LogP contribution in [-0.2, 0) is 11.3 Å². The van der Waals surface area contributed by atoms with Crippen LogP contribution in [0.5, 0.6) is 5.75 Å². The lowest BCUT2D eigenvalue weighted by atomic mass is 10.1. The van der Waals surface area contributed by atoms with Gasteiger partial charge in [-0.2, -0.15) is 5.10 Å². The Balaban J connectivity index is 1.70. The Morgan fingerprint density at radius 2 is 2.21 bits per heavy atom. The van der Waals surface area contributed by atoms with E-state index in [-0.39, 0.29) is 18.0 Å². The van der Waals surface area contributed by atoms with Gasteiger partial charge in [0.2, 0.25) is 5.91 Å². The Bertz CT molecular complexity index is 713. The predicted octanol–water partition coefficient (Wildman–Crippen LogP) is 2.37. The molecule has 1 saturated heterocycles. The van der Waals surface area contributed by atoms with E-state index >= 15 is 0 Å². The van der Waals surface area contributed by atoms with Crippen molar-refractivity contribution in [2.45, 2.75) is 38.9 Å². The van der Waals surface area contributed by atoms with E-state index in [0.717, 1.165) is 30.0 Å². The first kappa shape index (κ1) is 16.5. The van der Waals surface area contributed by atoms with Crippen LogP contribution in [0, 0.1) is 0 Å². The van der Waals surface area contributed by atoms with E-state index in [1.165, 1.54) is 0 Å². The third-order valence-corrected chi connectivity index (χ3v) is 4.51. The second-order valence-electron chi connectivity index (χ2n) is 6.02. The number of ether oxygens (including phenoxy) is 1. The fourth-order valence-corrected chi connectivity index (χ4v) is 3.10. The molecular weight excluding hydrogens is 304 g/mol. The maximum Gasteiger partial charge on any atom is 0.244 e. The second kappa shape index (κ2) is 7.05. The van der Waals surface area contributed by atoms with Gasteiger partial charge in [0.25, 0.3) is 0 Å². The molecule has 128 valence electrons. The summed E-state index contributed by atoms with van der Waals surface area (Å²) < 4.78 is 7.28. The van der Waals surface area contributed by atoms with Gasteiger partial charge in [0.1, 0.15) is 5.75 Å². The normalized spacial score (nSPS) is 18.9. The number of nitrogens with zero attached hydrogens (tertiary/aromatic N) is 3. The van der Waals surface area contributed by atoms with Gasteiger partial charge in [-0.25, -0.2) is 0 Å². The molecule has 6 heteroatoms. The van der Waals surface area contributed by atoms with Gasteiger partial charge in [0, 0.05) is 30.9 Å². The summed E-state index contributed by atoms with van der Waals surface area (Å²) in [6.07, 6.45) is 4.66. The number of rotatable bonds is 6. The Hall–Kier alpha value is -2.34. The maximum absolute atomic E-state index is 12.8. The van der Waals surface area contributed by atoms with E-state index in [1.807, 2.05) is 41.3 Å². The maximum atomic E-state index is 12.8. The third kappa shape index (κ3) is 3.14. The van der Waals surface area contributed by atoms with E-state index in [0.29, 0.717) is 6.54 Å². The molecule has 1 amide bonds. The van der Waals surface area contributed by atoms with Crippen molar-refractivity contribution in [3.63, 3.8) is 0 Å². The molecule has 2 atom stereocenters. The SMILES string of the molecule is CCn1cc(C(C)NC2CCN(c3ccccc3OC)C2=O)cn1. The van der Waals surface area contributed by atoms with Gasteiger partial charge in [0.05, 0.1) is 25.0 Å². The third-order valence-electron chi connectivity index (χ3n) is 4.51. The van der Waals surface area contributed by atoms with E-state index in [1.54, 1.807) is 12.0 Å². The van der Waals surface area contributed by atoms with Crippen molar-refractivity contribution in [2.75, 3.05) is 18.6 Å². The molecule has 1 aliphatic rings. The van der Waals surface area contributed by atoms with E-state index < -0.39 is 0 Å². The molecule has 0 aliphatic carbocycles. The van der Waals surface area contributed by atoms with Crippen LogP contribution in [0.2, 0.25) is 0 Å². The summed E-state index contributed by atoms with van der Waals surface area (Å²) in [5.41, 5.74) is 1.93. The number of benzene rings is 1. The molecule has 1 fully saturated rings. The predicted molar refractivity (Wildman–Crippen MR) is 93.2 cm³/mol. The Morgan fingerprint density at radius 1 is 1.42 bits per heavy atom. The average Bonchev–Trinajstić information content (AvgIpc) is 3.22. The number of amides is 1. The molecule has 0 radical (unpaired) electrons. The summed E-state index contributed by atoms with van der Waals surface area (Å²) in [7, 11) is 1.63. The standard InChI is InChI=1S/C18H24N4O2/c1-4-21-12-14(11-19-21)13(2)20-15-9-10-22(18(15)23)16-7-5-6-8-17(16)24-3/h5-8,11-13,15,20H,4,9-10H2,1-3H3. The van der Waals surface area contributed by atoms with Crippen LogP contribution in [0.3, 0.4) is 0 Å². The van der Waals surface area contributed by atoms with Crippen molar-refractivity contribution in [1.82, 2.24) is 15.1 Å². The molecule has 2 heterocycles. The summed E-state index contributed by atoms with van der Waals surface area (Å²) in [6.45, 7) is 5.66. The molecule has 1 aliphatic heterocycles. The summed E-state index contributed by atoms with van der Waals surface area (Å²) in [6, 6.07) is 7.53. The van der Waals surface area contributed by atoms with E-state index in [2.05, 4.69) is 24.3 Å². The molecule has 1 aromatic carbocycles. The zero-order chi connectivity index (χ0) is 17.1. The lowest BCUT2D eigenvalue weighted by Gasteiger charge is -2.21. The first-order valence-electron chi connectivity index (χ1n) is 8.36. The highest BCUT2D eigenvalue weighted by Crippen LogP contribution is 2.31. The molecule has 3 rings (SSSR count). The first-order valence-corrected chi connectivity index (χ1v) is 8.36. The van der Waals surface area contributed by atoms with Crippen molar-refractivity contribution >= 4 is 11.6 Å². The molecule has 1 aromatic heterocycles. The zero-order valence-corrected chi connectivity index (χ0v) is 14.4. The van der Waals surface area contributed by atoms with Gasteiger partial charge in [-0.05, 0) is 32.4 Å². The smallest absolute Gasteiger partial charge is 0.244 e. The largest absolute Gasteiger partial charge is 0.495 e. The Morgan fingerprint density at radius 3 is 2.92 bits per heavy atom. The number of para-hydroxylation sites is 2. The number of aryl methyl sites for hydroxylation is 1. The van der Waals surface area contributed by atoms with E-state index in [9.17, 15) is 4.79 Å². The highest BCUT2D eigenvalue weighted by molar-refractivity contribution is 6.00. The molecule has 0 spiro atoms. The molecular formula is C18H24N4O2. The van der Waals surface area contributed by atoms with Crippen LogP contribution in [0.25, 0.3) is 0 Å². The van der Waals surface area contributed by atoms with Gasteiger partial charge in [0.15, 0.2) is 0 Å². The van der Waals surface area contributed by atoms with Crippen molar-refractivity contribution < 1.29 is 9.53 Å². The highest BCUT2D eigenvalue weighted by atomic mass is 16.5. The molecule has 24 heavy (non-hydrogen) atoms. The number of anilines is 1. The van der Waals surface area contributed by atoms with Gasteiger partial charge >= 0.3 is 0 Å². The van der Waals surface area contributed by atoms with Crippen LogP contribution >= 0.6 is 0 Å². The zero-order valence-electron chi connectivity index (χ0n) is 14.4. The Kier molecular flexibility index (Phi) is 4.85. The molecule has 1 N–H and O–H groups in total. The molecule has 6 nitrogen and oxygen atoms in total. The number of methoxy groups -OCH3 is 1. The molecule has 0 bridgehead atoms. The van der Waals surface area contributed by atoms with Gasteiger partial charge in [-0.15, -0.1) is 0 Å².